The highest BCUT2D eigenvalue weighted by Gasteiger charge is 2.39. The molecule has 0 saturated carbocycles. The van der Waals surface area contributed by atoms with Gasteiger partial charge >= 0.3 is 11.9 Å². The molecule has 1 aromatic carbocycles. The van der Waals surface area contributed by atoms with Crippen LogP contribution in [0.1, 0.15) is 39.2 Å². The predicted molar refractivity (Wildman–Crippen MR) is 112 cm³/mol. The number of nitro benzene ring substituents is 1. The quantitative estimate of drug-likeness (QED) is 0.399. The SMILES string of the molecule is COC(=O)C1=C(C)NC(C)=C(C(=O)OC[C@@H]2COC(C)(C)O2)[C@@H]1c1cccc([N+](=O)[O-])c1. The van der Waals surface area contributed by atoms with E-state index >= 15 is 0 Å². The van der Waals surface area contributed by atoms with Crippen LogP contribution in [0.15, 0.2) is 46.8 Å². The zero-order valence-electron chi connectivity index (χ0n) is 18.6. The van der Waals surface area contributed by atoms with Gasteiger partial charge in [0.1, 0.15) is 12.7 Å². The highest BCUT2D eigenvalue weighted by molar-refractivity contribution is 5.99. The number of ether oxygens (including phenoxy) is 4. The summed E-state index contributed by atoms with van der Waals surface area (Å²) in [6.45, 7) is 7.11. The normalized spacial score (nSPS) is 22.4. The first-order chi connectivity index (χ1) is 15.0. The van der Waals surface area contributed by atoms with E-state index in [1.54, 1.807) is 33.8 Å². The van der Waals surface area contributed by atoms with E-state index in [2.05, 4.69) is 5.32 Å². The molecule has 0 amide bonds. The van der Waals surface area contributed by atoms with E-state index in [-0.39, 0.29) is 30.0 Å². The molecule has 3 rings (SSSR count). The molecular weight excluding hydrogens is 420 g/mol. The van der Waals surface area contributed by atoms with Crippen LogP contribution in [0.3, 0.4) is 0 Å². The first-order valence-electron chi connectivity index (χ1n) is 10.0. The van der Waals surface area contributed by atoms with Gasteiger partial charge in [0.25, 0.3) is 5.69 Å². The molecule has 32 heavy (non-hydrogen) atoms. The minimum Gasteiger partial charge on any atom is -0.466 e. The van der Waals surface area contributed by atoms with Crippen molar-refractivity contribution in [1.82, 2.24) is 5.32 Å². The van der Waals surface area contributed by atoms with E-state index in [0.29, 0.717) is 17.0 Å². The molecule has 1 fully saturated rings. The predicted octanol–water partition coefficient (Wildman–Crippen LogP) is 2.70. The molecule has 2 aliphatic heterocycles. The first kappa shape index (κ1) is 23.4. The third-order valence-corrected chi connectivity index (χ3v) is 5.27. The van der Waals surface area contributed by atoms with Crippen LogP contribution < -0.4 is 5.32 Å². The van der Waals surface area contributed by atoms with Gasteiger partial charge < -0.3 is 24.3 Å². The van der Waals surface area contributed by atoms with Gasteiger partial charge in [0.2, 0.25) is 0 Å². The number of carbonyl (C=O) groups excluding carboxylic acids is 2. The molecule has 1 saturated heterocycles. The number of nitrogens with zero attached hydrogens (tertiary/aromatic N) is 1. The van der Waals surface area contributed by atoms with Crippen LogP contribution >= 0.6 is 0 Å². The molecule has 1 N–H and O–H groups in total. The van der Waals surface area contributed by atoms with Gasteiger partial charge in [0.15, 0.2) is 5.79 Å². The fourth-order valence-electron chi connectivity index (χ4n) is 3.89. The van der Waals surface area contributed by atoms with E-state index in [1.807, 2.05) is 0 Å². The van der Waals surface area contributed by atoms with Crippen LogP contribution in [-0.2, 0) is 28.5 Å². The van der Waals surface area contributed by atoms with Crippen LogP contribution in [0.5, 0.6) is 0 Å². The summed E-state index contributed by atoms with van der Waals surface area (Å²) in [4.78, 5) is 36.6. The highest BCUT2D eigenvalue weighted by Crippen LogP contribution is 2.40. The lowest BCUT2D eigenvalue weighted by molar-refractivity contribution is -0.384. The Morgan fingerprint density at radius 2 is 1.88 bits per heavy atom. The number of esters is 2. The van der Waals surface area contributed by atoms with Gasteiger partial charge in [-0.2, -0.15) is 0 Å². The smallest absolute Gasteiger partial charge is 0.336 e. The summed E-state index contributed by atoms with van der Waals surface area (Å²) in [7, 11) is 1.23. The average molecular weight is 446 g/mol. The van der Waals surface area contributed by atoms with E-state index < -0.39 is 34.7 Å². The van der Waals surface area contributed by atoms with E-state index in [4.69, 9.17) is 18.9 Å². The molecule has 0 aliphatic carbocycles. The summed E-state index contributed by atoms with van der Waals surface area (Å²) < 4.78 is 21.6. The minimum atomic E-state index is -0.909. The number of benzene rings is 1. The summed E-state index contributed by atoms with van der Waals surface area (Å²) in [6.07, 6.45) is -0.431. The molecule has 0 spiro atoms. The number of carbonyl (C=O) groups is 2. The molecule has 10 nitrogen and oxygen atoms in total. The Kier molecular flexibility index (Phi) is 6.65. The molecule has 0 unspecified atom stereocenters. The standard InChI is InChI=1S/C22H26N2O8/c1-12-17(20(25)29-5)19(14-7-6-8-15(9-14)24(27)28)18(13(2)23-12)21(26)30-10-16-11-31-22(3,4)32-16/h6-9,16,19,23H,10-11H2,1-5H3/t16-,19-/m1/s1. The lowest BCUT2D eigenvalue weighted by atomic mass is 9.80. The van der Waals surface area contributed by atoms with Crippen molar-refractivity contribution >= 4 is 17.6 Å². The second-order valence-corrected chi connectivity index (χ2v) is 8.03. The zero-order valence-corrected chi connectivity index (χ0v) is 18.6. The Balaban J connectivity index is 1.97. The van der Waals surface area contributed by atoms with Crippen LogP contribution in [0.2, 0.25) is 0 Å². The molecule has 2 aliphatic rings. The Labute approximate surface area is 185 Å². The zero-order chi connectivity index (χ0) is 23.6. The number of hydrogen-bond donors (Lipinski definition) is 1. The number of allylic oxidation sites excluding steroid dienone is 2. The third kappa shape index (κ3) is 4.81. The fraction of sp³-hybridized carbons (Fsp3) is 0.455. The second kappa shape index (κ2) is 9.09. The molecule has 0 bridgehead atoms. The maximum Gasteiger partial charge on any atom is 0.336 e. The first-order valence-corrected chi connectivity index (χ1v) is 10.0. The lowest BCUT2D eigenvalue weighted by Crippen LogP contribution is -2.33. The van der Waals surface area contributed by atoms with Crippen molar-refractivity contribution in [3.05, 3.63) is 62.5 Å². The average Bonchev–Trinajstić information content (AvgIpc) is 3.09. The molecule has 172 valence electrons. The number of nitrogens with one attached hydrogen (secondary N) is 1. The van der Waals surface area contributed by atoms with Gasteiger partial charge in [-0.15, -0.1) is 0 Å². The van der Waals surface area contributed by atoms with Gasteiger partial charge in [0.05, 0.1) is 35.7 Å². The monoisotopic (exact) mass is 446 g/mol. The van der Waals surface area contributed by atoms with Crippen LogP contribution in [0, 0.1) is 10.1 Å². The minimum absolute atomic E-state index is 0.0447. The van der Waals surface area contributed by atoms with E-state index in [9.17, 15) is 19.7 Å². The molecule has 1 aromatic rings. The molecule has 0 aromatic heterocycles. The number of hydrogen-bond acceptors (Lipinski definition) is 9. The van der Waals surface area contributed by atoms with Crippen molar-refractivity contribution in [1.29, 1.82) is 0 Å². The molecule has 0 radical (unpaired) electrons. The number of dihydropyridines is 1. The van der Waals surface area contributed by atoms with Crippen molar-refractivity contribution in [2.24, 2.45) is 0 Å². The Morgan fingerprint density at radius 3 is 2.44 bits per heavy atom. The van der Waals surface area contributed by atoms with Crippen molar-refractivity contribution in [2.75, 3.05) is 20.3 Å². The fourth-order valence-corrected chi connectivity index (χ4v) is 3.89. The molecule has 10 heteroatoms. The molecule has 2 heterocycles. The van der Waals surface area contributed by atoms with Crippen LogP contribution in [-0.4, -0.2) is 49.1 Å². The van der Waals surface area contributed by atoms with Crippen molar-refractivity contribution in [2.45, 2.75) is 45.5 Å². The van der Waals surface area contributed by atoms with Crippen molar-refractivity contribution in [3.8, 4) is 0 Å². The highest BCUT2D eigenvalue weighted by atomic mass is 16.7. The largest absolute Gasteiger partial charge is 0.466 e. The van der Waals surface area contributed by atoms with E-state index in [0.717, 1.165) is 0 Å². The summed E-state index contributed by atoms with van der Waals surface area (Å²) in [5.74, 6) is -3.00. The Morgan fingerprint density at radius 1 is 1.22 bits per heavy atom. The third-order valence-electron chi connectivity index (χ3n) is 5.27. The summed E-state index contributed by atoms with van der Waals surface area (Å²) in [5, 5.41) is 14.3. The Hall–Kier alpha value is -3.24. The van der Waals surface area contributed by atoms with Gasteiger partial charge in [-0.25, -0.2) is 9.59 Å². The number of methoxy groups -OCH3 is 1. The topological polar surface area (TPSA) is 126 Å². The van der Waals surface area contributed by atoms with Gasteiger partial charge in [-0.1, -0.05) is 12.1 Å². The number of non-ortho nitro benzene ring substituents is 1. The van der Waals surface area contributed by atoms with Crippen molar-refractivity contribution in [3.63, 3.8) is 0 Å². The van der Waals surface area contributed by atoms with E-state index in [1.165, 1.54) is 25.3 Å². The maximum atomic E-state index is 13.2. The van der Waals surface area contributed by atoms with Gasteiger partial charge in [0, 0.05) is 23.5 Å². The summed E-state index contributed by atoms with van der Waals surface area (Å²) in [5.41, 5.74) is 1.53. The number of rotatable bonds is 6. The molecule has 2 atom stereocenters. The number of nitro groups is 1. The van der Waals surface area contributed by atoms with Crippen LogP contribution in [0.25, 0.3) is 0 Å². The lowest BCUT2D eigenvalue weighted by Gasteiger charge is -2.30. The summed E-state index contributed by atoms with van der Waals surface area (Å²) >= 11 is 0. The van der Waals surface area contributed by atoms with Gasteiger partial charge in [-0.05, 0) is 33.3 Å². The summed E-state index contributed by atoms with van der Waals surface area (Å²) in [6, 6.07) is 5.80. The van der Waals surface area contributed by atoms with Gasteiger partial charge in [-0.3, -0.25) is 10.1 Å². The second-order valence-electron chi connectivity index (χ2n) is 8.03. The molecular formula is C22H26N2O8. The maximum absolute atomic E-state index is 13.2. The van der Waals surface area contributed by atoms with Crippen LogP contribution in [0.4, 0.5) is 5.69 Å². The van der Waals surface area contributed by atoms with Crippen molar-refractivity contribution < 1.29 is 33.5 Å². The Bertz CT molecular complexity index is 1010.